The third-order valence-electron chi connectivity index (χ3n) is 4.25. The highest BCUT2D eigenvalue weighted by molar-refractivity contribution is 6.42. The standard InChI is InChI=1S/C17H22Cl2N4O/c1-10-16(11(2)23(5)21-10)20-17(24)12(3)22(4)9-13-7-6-8-14(18)15(13)19/h6-8,12H,9H2,1-5H3,(H,20,24). The van der Waals surface area contributed by atoms with Crippen LogP contribution in [0.15, 0.2) is 18.2 Å². The molecule has 0 aliphatic carbocycles. The van der Waals surface area contributed by atoms with Crippen molar-refractivity contribution in [2.75, 3.05) is 12.4 Å². The van der Waals surface area contributed by atoms with Crippen LogP contribution < -0.4 is 5.32 Å². The third-order valence-corrected chi connectivity index (χ3v) is 5.11. The van der Waals surface area contributed by atoms with Crippen molar-refractivity contribution in [1.82, 2.24) is 14.7 Å². The number of likely N-dealkylation sites (N-methyl/N-ethyl adjacent to an activating group) is 1. The highest BCUT2D eigenvalue weighted by Gasteiger charge is 2.21. The molecule has 7 heteroatoms. The molecule has 0 radical (unpaired) electrons. The SMILES string of the molecule is Cc1nn(C)c(C)c1NC(=O)C(C)N(C)Cc1cccc(Cl)c1Cl. The Morgan fingerprint density at radius 3 is 2.62 bits per heavy atom. The molecule has 0 saturated heterocycles. The van der Waals surface area contributed by atoms with Crippen molar-refractivity contribution in [3.8, 4) is 0 Å². The van der Waals surface area contributed by atoms with E-state index in [0.29, 0.717) is 16.6 Å². The summed E-state index contributed by atoms with van der Waals surface area (Å²) in [5.74, 6) is -0.0881. The van der Waals surface area contributed by atoms with Crippen LogP contribution in [0, 0.1) is 13.8 Å². The second-order valence-corrected chi connectivity index (χ2v) is 6.75. The van der Waals surface area contributed by atoms with Crippen LogP contribution >= 0.6 is 23.2 Å². The summed E-state index contributed by atoms with van der Waals surface area (Å²) in [6, 6.07) is 5.17. The average Bonchev–Trinajstić information content (AvgIpc) is 2.77. The molecule has 0 bridgehead atoms. The highest BCUT2D eigenvalue weighted by Crippen LogP contribution is 2.27. The van der Waals surface area contributed by atoms with Gasteiger partial charge >= 0.3 is 0 Å². The van der Waals surface area contributed by atoms with Gasteiger partial charge in [0.2, 0.25) is 5.91 Å². The van der Waals surface area contributed by atoms with Gasteiger partial charge in [0.05, 0.1) is 33.2 Å². The van der Waals surface area contributed by atoms with E-state index in [2.05, 4.69) is 10.4 Å². The molecule has 1 N–H and O–H groups in total. The summed E-state index contributed by atoms with van der Waals surface area (Å²) < 4.78 is 1.76. The minimum absolute atomic E-state index is 0.0881. The zero-order valence-electron chi connectivity index (χ0n) is 14.5. The molecule has 0 spiro atoms. The number of halogens is 2. The lowest BCUT2D eigenvalue weighted by Crippen LogP contribution is -2.39. The molecule has 2 rings (SSSR count). The van der Waals surface area contributed by atoms with E-state index in [0.717, 1.165) is 22.6 Å². The van der Waals surface area contributed by atoms with E-state index in [9.17, 15) is 4.79 Å². The van der Waals surface area contributed by atoms with Gasteiger partial charge in [-0.05, 0) is 39.4 Å². The van der Waals surface area contributed by atoms with E-state index in [1.807, 2.05) is 51.9 Å². The molecule has 1 aromatic carbocycles. The first-order valence-corrected chi connectivity index (χ1v) is 8.42. The van der Waals surface area contributed by atoms with Crippen LogP contribution in [0.1, 0.15) is 23.9 Å². The Morgan fingerprint density at radius 2 is 2.04 bits per heavy atom. The molecule has 0 fully saturated rings. The first-order valence-electron chi connectivity index (χ1n) is 7.66. The summed E-state index contributed by atoms with van der Waals surface area (Å²) >= 11 is 12.3. The number of anilines is 1. The summed E-state index contributed by atoms with van der Waals surface area (Å²) in [6.45, 7) is 6.19. The number of benzene rings is 1. The van der Waals surface area contributed by atoms with Crippen LogP contribution in [-0.2, 0) is 18.4 Å². The van der Waals surface area contributed by atoms with Gasteiger partial charge in [0.1, 0.15) is 0 Å². The monoisotopic (exact) mass is 368 g/mol. The van der Waals surface area contributed by atoms with Crippen LogP contribution in [0.25, 0.3) is 0 Å². The molecular weight excluding hydrogens is 347 g/mol. The summed E-state index contributed by atoms with van der Waals surface area (Å²) in [5.41, 5.74) is 3.38. The van der Waals surface area contributed by atoms with Gasteiger partial charge in [-0.15, -0.1) is 0 Å². The third kappa shape index (κ3) is 3.91. The fraction of sp³-hybridized carbons (Fsp3) is 0.412. The minimum atomic E-state index is -0.334. The smallest absolute Gasteiger partial charge is 0.241 e. The van der Waals surface area contributed by atoms with E-state index in [1.54, 1.807) is 10.7 Å². The van der Waals surface area contributed by atoms with E-state index >= 15 is 0 Å². The van der Waals surface area contributed by atoms with Crippen LogP contribution in [0.5, 0.6) is 0 Å². The molecule has 1 heterocycles. The number of aryl methyl sites for hydroxylation is 2. The summed E-state index contributed by atoms with van der Waals surface area (Å²) in [4.78, 5) is 14.5. The van der Waals surface area contributed by atoms with Crippen molar-refractivity contribution < 1.29 is 4.79 Å². The van der Waals surface area contributed by atoms with Crippen molar-refractivity contribution in [3.63, 3.8) is 0 Å². The van der Waals surface area contributed by atoms with Gasteiger partial charge in [0.15, 0.2) is 0 Å². The van der Waals surface area contributed by atoms with Crippen LogP contribution in [0.2, 0.25) is 10.0 Å². The number of hydrogen-bond donors (Lipinski definition) is 1. The fourth-order valence-electron chi connectivity index (χ4n) is 2.46. The topological polar surface area (TPSA) is 50.2 Å². The van der Waals surface area contributed by atoms with Crippen molar-refractivity contribution in [2.24, 2.45) is 7.05 Å². The normalized spacial score (nSPS) is 12.5. The number of nitrogens with one attached hydrogen (secondary N) is 1. The Bertz CT molecular complexity index is 757. The summed E-state index contributed by atoms with van der Waals surface area (Å²) in [7, 11) is 3.74. The van der Waals surface area contributed by atoms with E-state index in [-0.39, 0.29) is 11.9 Å². The quantitative estimate of drug-likeness (QED) is 0.872. The van der Waals surface area contributed by atoms with Gasteiger partial charge in [-0.2, -0.15) is 5.10 Å². The predicted octanol–water partition coefficient (Wildman–Crippen LogP) is 3.80. The van der Waals surface area contributed by atoms with Gasteiger partial charge < -0.3 is 5.32 Å². The predicted molar refractivity (Wildman–Crippen MR) is 98.7 cm³/mol. The van der Waals surface area contributed by atoms with Gasteiger partial charge in [-0.1, -0.05) is 35.3 Å². The van der Waals surface area contributed by atoms with E-state index in [4.69, 9.17) is 23.2 Å². The van der Waals surface area contributed by atoms with Gasteiger partial charge in [-0.25, -0.2) is 0 Å². The average molecular weight is 369 g/mol. The maximum atomic E-state index is 12.6. The summed E-state index contributed by atoms with van der Waals surface area (Å²) in [6.07, 6.45) is 0. The van der Waals surface area contributed by atoms with Crippen molar-refractivity contribution in [2.45, 2.75) is 33.4 Å². The maximum Gasteiger partial charge on any atom is 0.241 e. The Balaban J connectivity index is 2.08. The van der Waals surface area contributed by atoms with Crippen molar-refractivity contribution in [3.05, 3.63) is 45.2 Å². The molecule has 1 atom stereocenters. The lowest BCUT2D eigenvalue weighted by Gasteiger charge is -2.24. The zero-order chi connectivity index (χ0) is 18.0. The molecule has 130 valence electrons. The zero-order valence-corrected chi connectivity index (χ0v) is 16.0. The number of amides is 1. The minimum Gasteiger partial charge on any atom is -0.322 e. The molecule has 1 amide bonds. The van der Waals surface area contributed by atoms with Crippen LogP contribution in [0.4, 0.5) is 5.69 Å². The molecule has 5 nitrogen and oxygen atoms in total. The molecular formula is C17H22Cl2N4O. The van der Waals surface area contributed by atoms with Gasteiger partial charge in [-0.3, -0.25) is 14.4 Å². The molecule has 1 aromatic heterocycles. The molecule has 0 aliphatic heterocycles. The van der Waals surface area contributed by atoms with E-state index < -0.39 is 0 Å². The fourth-order valence-corrected chi connectivity index (χ4v) is 2.84. The molecule has 24 heavy (non-hydrogen) atoms. The Labute approximate surface area is 152 Å². The molecule has 0 aliphatic rings. The lowest BCUT2D eigenvalue weighted by atomic mass is 10.1. The molecule has 0 saturated carbocycles. The van der Waals surface area contributed by atoms with E-state index in [1.165, 1.54) is 0 Å². The largest absolute Gasteiger partial charge is 0.322 e. The Hall–Kier alpha value is -1.56. The number of aromatic nitrogens is 2. The first-order chi connectivity index (χ1) is 11.2. The summed E-state index contributed by atoms with van der Waals surface area (Å²) in [5, 5.41) is 8.32. The molecule has 1 unspecified atom stereocenters. The Kier molecular flexibility index (Phi) is 5.91. The number of carbonyl (C=O) groups is 1. The van der Waals surface area contributed by atoms with Gasteiger partial charge in [0.25, 0.3) is 0 Å². The number of carbonyl (C=O) groups excluding carboxylic acids is 1. The van der Waals surface area contributed by atoms with Crippen LogP contribution in [-0.4, -0.2) is 33.7 Å². The highest BCUT2D eigenvalue weighted by atomic mass is 35.5. The molecule has 2 aromatic rings. The number of nitrogens with zero attached hydrogens (tertiary/aromatic N) is 3. The number of hydrogen-bond acceptors (Lipinski definition) is 3. The van der Waals surface area contributed by atoms with Crippen LogP contribution in [0.3, 0.4) is 0 Å². The second kappa shape index (κ2) is 7.55. The van der Waals surface area contributed by atoms with Crippen molar-refractivity contribution in [1.29, 1.82) is 0 Å². The Morgan fingerprint density at radius 1 is 1.38 bits per heavy atom. The first kappa shape index (κ1) is 18.8. The number of rotatable bonds is 5. The van der Waals surface area contributed by atoms with Crippen molar-refractivity contribution >= 4 is 34.8 Å². The second-order valence-electron chi connectivity index (χ2n) is 5.96. The van der Waals surface area contributed by atoms with Gasteiger partial charge in [0, 0.05) is 13.6 Å². The maximum absolute atomic E-state index is 12.6. The lowest BCUT2D eigenvalue weighted by molar-refractivity contribution is -0.120.